The summed E-state index contributed by atoms with van der Waals surface area (Å²) in [6.07, 6.45) is 4.17. The number of benzene rings is 2. The number of carbonyl (C=O) groups is 1. The Balaban J connectivity index is 1.64. The van der Waals surface area contributed by atoms with E-state index in [9.17, 15) is 9.18 Å². The maximum Gasteiger partial charge on any atom is 0.222 e. The van der Waals surface area contributed by atoms with E-state index in [0.29, 0.717) is 18.7 Å². The van der Waals surface area contributed by atoms with Gasteiger partial charge in [0.2, 0.25) is 11.8 Å². The molecule has 2 aromatic carbocycles. The summed E-state index contributed by atoms with van der Waals surface area (Å²) in [5.74, 6) is 0.318. The number of likely N-dealkylation sites (tertiary alicyclic amines) is 1. The summed E-state index contributed by atoms with van der Waals surface area (Å²) in [6, 6.07) is 16.1. The molecule has 1 aliphatic heterocycles. The molecule has 0 bridgehead atoms. The third-order valence-electron chi connectivity index (χ3n) is 5.48. The average Bonchev–Trinajstić information content (AvgIpc) is 3.10. The van der Waals surface area contributed by atoms with Gasteiger partial charge in [0.1, 0.15) is 0 Å². The number of para-hydroxylation sites is 1. The first-order chi connectivity index (χ1) is 14.6. The van der Waals surface area contributed by atoms with Crippen LogP contribution in [0.3, 0.4) is 0 Å². The molecular formula is C24H26FN3O2. The van der Waals surface area contributed by atoms with Gasteiger partial charge < -0.3 is 9.64 Å². The van der Waals surface area contributed by atoms with Crippen molar-refractivity contribution in [3.8, 4) is 22.9 Å². The molecular weight excluding hydrogens is 381 g/mol. The van der Waals surface area contributed by atoms with Gasteiger partial charge in [-0.3, -0.25) is 4.79 Å². The Morgan fingerprint density at radius 2 is 1.73 bits per heavy atom. The van der Waals surface area contributed by atoms with Crippen LogP contribution < -0.4 is 4.74 Å². The normalized spacial score (nSPS) is 14.0. The average molecular weight is 407 g/mol. The number of aryl methyl sites for hydroxylation is 1. The monoisotopic (exact) mass is 407 g/mol. The zero-order valence-electron chi connectivity index (χ0n) is 17.2. The maximum atomic E-state index is 14.2. The molecule has 156 valence electrons. The van der Waals surface area contributed by atoms with E-state index in [4.69, 9.17) is 4.74 Å². The number of carbonyl (C=O) groups excluding carboxylic acids is 1. The van der Waals surface area contributed by atoms with Crippen LogP contribution in [0.5, 0.6) is 11.6 Å². The number of ether oxygens (including phenoxy) is 1. The van der Waals surface area contributed by atoms with Crippen LogP contribution in [0.1, 0.15) is 31.2 Å². The molecule has 1 saturated heterocycles. The standard InChI is InChI=1S/C24H26FN3O2/c1-27-24(30-21-13-7-6-12-20(21)25)19(23(26-27)18-10-4-2-5-11-18)14-15-22(29)28-16-8-3-9-17-28/h2,4-7,10-13H,3,8-9,14-17H2,1H3. The summed E-state index contributed by atoms with van der Waals surface area (Å²) >= 11 is 0. The summed E-state index contributed by atoms with van der Waals surface area (Å²) in [4.78, 5) is 14.7. The highest BCUT2D eigenvalue weighted by molar-refractivity contribution is 5.77. The lowest BCUT2D eigenvalue weighted by molar-refractivity contribution is -0.132. The van der Waals surface area contributed by atoms with Crippen molar-refractivity contribution in [1.82, 2.24) is 14.7 Å². The van der Waals surface area contributed by atoms with E-state index in [1.165, 1.54) is 12.5 Å². The van der Waals surface area contributed by atoms with E-state index < -0.39 is 5.82 Å². The predicted molar refractivity (Wildman–Crippen MR) is 114 cm³/mol. The van der Waals surface area contributed by atoms with Gasteiger partial charge in [-0.1, -0.05) is 42.5 Å². The molecule has 4 rings (SSSR count). The van der Waals surface area contributed by atoms with Crippen LogP contribution >= 0.6 is 0 Å². The molecule has 30 heavy (non-hydrogen) atoms. The van der Waals surface area contributed by atoms with Gasteiger partial charge in [-0.05, 0) is 37.8 Å². The third-order valence-corrected chi connectivity index (χ3v) is 5.48. The highest BCUT2D eigenvalue weighted by Gasteiger charge is 2.23. The molecule has 2 heterocycles. The van der Waals surface area contributed by atoms with Gasteiger partial charge in [-0.2, -0.15) is 5.10 Å². The largest absolute Gasteiger partial charge is 0.436 e. The highest BCUT2D eigenvalue weighted by atomic mass is 19.1. The van der Waals surface area contributed by atoms with Gasteiger partial charge in [-0.25, -0.2) is 9.07 Å². The van der Waals surface area contributed by atoms with Crippen molar-refractivity contribution in [3.63, 3.8) is 0 Å². The molecule has 0 radical (unpaired) electrons. The Labute approximate surface area is 176 Å². The lowest BCUT2D eigenvalue weighted by Crippen LogP contribution is -2.35. The minimum Gasteiger partial charge on any atom is -0.436 e. The first kappa shape index (κ1) is 20.1. The second-order valence-electron chi connectivity index (χ2n) is 7.60. The van der Waals surface area contributed by atoms with E-state index in [0.717, 1.165) is 42.8 Å². The lowest BCUT2D eigenvalue weighted by atomic mass is 10.0. The minimum atomic E-state index is -0.435. The summed E-state index contributed by atoms with van der Waals surface area (Å²) in [6.45, 7) is 1.66. The number of aromatic nitrogens is 2. The summed E-state index contributed by atoms with van der Waals surface area (Å²) in [7, 11) is 1.78. The van der Waals surface area contributed by atoms with Crippen LogP contribution in [0.15, 0.2) is 54.6 Å². The van der Waals surface area contributed by atoms with Gasteiger partial charge in [-0.15, -0.1) is 0 Å². The number of nitrogens with zero attached hydrogens (tertiary/aromatic N) is 3. The van der Waals surface area contributed by atoms with Crippen molar-refractivity contribution in [3.05, 3.63) is 66.0 Å². The van der Waals surface area contributed by atoms with Crippen molar-refractivity contribution in [1.29, 1.82) is 0 Å². The number of hydrogen-bond donors (Lipinski definition) is 0. The molecule has 0 aliphatic carbocycles. The van der Waals surface area contributed by atoms with E-state index in [2.05, 4.69) is 5.10 Å². The third kappa shape index (κ3) is 4.37. The predicted octanol–water partition coefficient (Wildman–Crippen LogP) is 4.96. The topological polar surface area (TPSA) is 47.4 Å². The van der Waals surface area contributed by atoms with E-state index in [1.807, 2.05) is 35.2 Å². The van der Waals surface area contributed by atoms with E-state index in [-0.39, 0.29) is 11.7 Å². The molecule has 1 aromatic heterocycles. The van der Waals surface area contributed by atoms with Crippen LogP contribution in [0, 0.1) is 5.82 Å². The second-order valence-corrected chi connectivity index (χ2v) is 7.60. The quantitative estimate of drug-likeness (QED) is 0.580. The van der Waals surface area contributed by atoms with Gasteiger partial charge in [0, 0.05) is 37.7 Å². The summed E-state index contributed by atoms with van der Waals surface area (Å²) in [5, 5.41) is 4.64. The molecule has 0 saturated carbocycles. The smallest absolute Gasteiger partial charge is 0.222 e. The first-order valence-corrected chi connectivity index (χ1v) is 10.4. The zero-order valence-corrected chi connectivity index (χ0v) is 17.2. The van der Waals surface area contributed by atoms with Crippen LogP contribution in [-0.2, 0) is 18.3 Å². The van der Waals surface area contributed by atoms with Crippen LogP contribution in [0.4, 0.5) is 4.39 Å². The van der Waals surface area contributed by atoms with Gasteiger partial charge in [0.05, 0.1) is 5.69 Å². The lowest BCUT2D eigenvalue weighted by Gasteiger charge is -2.26. The fourth-order valence-corrected chi connectivity index (χ4v) is 3.90. The SMILES string of the molecule is Cn1nc(-c2ccccc2)c(CCC(=O)N2CCCCC2)c1Oc1ccccc1F. The second kappa shape index (κ2) is 9.11. The fraction of sp³-hybridized carbons (Fsp3) is 0.333. The molecule has 1 fully saturated rings. The zero-order chi connectivity index (χ0) is 20.9. The van der Waals surface area contributed by atoms with Crippen molar-refractivity contribution in [2.75, 3.05) is 13.1 Å². The van der Waals surface area contributed by atoms with Crippen molar-refractivity contribution in [2.45, 2.75) is 32.1 Å². The molecule has 5 nitrogen and oxygen atoms in total. The number of rotatable bonds is 6. The number of hydrogen-bond acceptors (Lipinski definition) is 3. The molecule has 6 heteroatoms. The van der Waals surface area contributed by atoms with Gasteiger partial charge >= 0.3 is 0 Å². The van der Waals surface area contributed by atoms with Crippen molar-refractivity contribution in [2.24, 2.45) is 7.05 Å². The molecule has 3 aromatic rings. The molecule has 0 atom stereocenters. The Morgan fingerprint density at radius 1 is 1.03 bits per heavy atom. The molecule has 0 spiro atoms. The van der Waals surface area contributed by atoms with Crippen LogP contribution in [0.2, 0.25) is 0 Å². The Morgan fingerprint density at radius 3 is 2.47 bits per heavy atom. The van der Waals surface area contributed by atoms with Gasteiger partial charge in [0.15, 0.2) is 11.6 Å². The summed E-state index contributed by atoms with van der Waals surface area (Å²) < 4.78 is 21.8. The number of halogens is 1. The van der Waals surface area contributed by atoms with E-state index in [1.54, 1.807) is 29.9 Å². The van der Waals surface area contributed by atoms with Crippen molar-refractivity contribution < 1.29 is 13.9 Å². The van der Waals surface area contributed by atoms with Gasteiger partial charge in [0.25, 0.3) is 0 Å². The molecule has 1 amide bonds. The molecule has 1 aliphatic rings. The Kier molecular flexibility index (Phi) is 6.12. The van der Waals surface area contributed by atoms with Crippen LogP contribution in [0.25, 0.3) is 11.3 Å². The van der Waals surface area contributed by atoms with Crippen molar-refractivity contribution >= 4 is 5.91 Å². The maximum absolute atomic E-state index is 14.2. The molecule has 0 unspecified atom stereocenters. The van der Waals surface area contributed by atoms with Crippen LogP contribution in [-0.4, -0.2) is 33.7 Å². The van der Waals surface area contributed by atoms with E-state index >= 15 is 0 Å². The highest BCUT2D eigenvalue weighted by Crippen LogP contribution is 2.35. The minimum absolute atomic E-state index is 0.142. The Hall–Kier alpha value is -3.15. The Bertz CT molecular complexity index is 1010. The number of piperidine rings is 1. The molecule has 0 N–H and O–H groups in total. The fourth-order valence-electron chi connectivity index (χ4n) is 3.90. The summed E-state index contributed by atoms with van der Waals surface area (Å²) in [5.41, 5.74) is 2.52. The first-order valence-electron chi connectivity index (χ1n) is 10.4. The number of amides is 1.